The molecule has 1 aliphatic carbocycles. The smallest absolute Gasteiger partial charge is 0.245 e. The molecular weight excluding hydrogens is 384 g/mol. The van der Waals surface area contributed by atoms with Crippen LogP contribution in [0.4, 0.5) is 5.95 Å². The summed E-state index contributed by atoms with van der Waals surface area (Å²) in [4.78, 5) is 11.4. The third kappa shape index (κ3) is 3.16. The summed E-state index contributed by atoms with van der Waals surface area (Å²) >= 11 is 1.61. The van der Waals surface area contributed by atoms with Crippen molar-refractivity contribution in [1.29, 1.82) is 0 Å². The quantitative estimate of drug-likeness (QED) is 0.528. The Bertz CT molecular complexity index is 1130. The maximum Gasteiger partial charge on any atom is 0.245 e. The van der Waals surface area contributed by atoms with Gasteiger partial charge in [0.2, 0.25) is 5.95 Å². The maximum absolute atomic E-state index is 4.62. The van der Waals surface area contributed by atoms with Gasteiger partial charge in [-0.1, -0.05) is 12.1 Å². The Hall–Kier alpha value is -2.91. The first-order valence-electron chi connectivity index (χ1n) is 9.91. The van der Waals surface area contributed by atoms with Crippen molar-refractivity contribution in [3.8, 4) is 22.4 Å². The van der Waals surface area contributed by atoms with Gasteiger partial charge in [-0.05, 0) is 19.3 Å². The number of fused-ring (bicyclic) bond motifs is 1. The number of rotatable bonds is 5. The van der Waals surface area contributed by atoms with E-state index in [4.69, 9.17) is 0 Å². The second-order valence-electron chi connectivity index (χ2n) is 7.69. The van der Waals surface area contributed by atoms with Gasteiger partial charge in [-0.25, -0.2) is 9.97 Å². The Morgan fingerprint density at radius 3 is 2.76 bits per heavy atom. The van der Waals surface area contributed by atoms with Crippen LogP contribution in [0, 0.1) is 0 Å². The number of anilines is 1. The van der Waals surface area contributed by atoms with Crippen LogP contribution in [0.2, 0.25) is 0 Å². The first-order valence-corrected chi connectivity index (χ1v) is 10.8. The molecule has 1 atom stereocenters. The zero-order valence-corrected chi connectivity index (χ0v) is 16.6. The summed E-state index contributed by atoms with van der Waals surface area (Å²) in [5.74, 6) is 0.712. The minimum absolute atomic E-state index is 0.540. The Kier molecular flexibility index (Phi) is 4.02. The molecule has 4 heterocycles. The molecule has 146 valence electrons. The van der Waals surface area contributed by atoms with Crippen molar-refractivity contribution in [2.75, 3.05) is 18.0 Å². The minimum atomic E-state index is 0.540. The minimum Gasteiger partial charge on any atom is -0.338 e. The number of benzene rings is 1. The maximum atomic E-state index is 4.62. The highest BCUT2D eigenvalue weighted by Crippen LogP contribution is 2.36. The molecule has 1 saturated carbocycles. The standard InChI is InChI=1S/C20H20N8S/c1-2-13(1)25-14-5-6-28(10-14)20-21-9-17(26-27-20)16-4-3-15(12-7-23-24-8-12)18-19(16)29-11-22-18/h3-4,7-9,11,13-14,25H,1-2,5-6,10H2,(H,23,24). The number of nitrogens with zero attached hydrogens (tertiary/aromatic N) is 6. The summed E-state index contributed by atoms with van der Waals surface area (Å²) in [6, 6.07) is 5.40. The molecule has 4 aromatic rings. The SMILES string of the molecule is c1nc2c(-c3cn[nH]c3)ccc(-c3cnc(N4CCC(NC5CC5)C4)nn3)c2s1. The Morgan fingerprint density at radius 2 is 1.97 bits per heavy atom. The lowest BCUT2D eigenvalue weighted by atomic mass is 10.0. The molecule has 0 spiro atoms. The molecule has 8 nitrogen and oxygen atoms in total. The molecule has 2 aliphatic rings. The zero-order valence-electron chi connectivity index (χ0n) is 15.7. The van der Waals surface area contributed by atoms with E-state index in [1.165, 1.54) is 12.8 Å². The first kappa shape index (κ1) is 17.0. The zero-order chi connectivity index (χ0) is 19.2. The monoisotopic (exact) mass is 404 g/mol. The number of hydrogen-bond acceptors (Lipinski definition) is 8. The van der Waals surface area contributed by atoms with Gasteiger partial charge in [0.25, 0.3) is 0 Å². The second-order valence-corrected chi connectivity index (χ2v) is 8.55. The van der Waals surface area contributed by atoms with Crippen molar-refractivity contribution in [3.63, 3.8) is 0 Å². The van der Waals surface area contributed by atoms with Gasteiger partial charge in [-0.2, -0.15) is 5.10 Å². The van der Waals surface area contributed by atoms with Crippen LogP contribution in [0.5, 0.6) is 0 Å². The average Bonchev–Trinajstić information content (AvgIpc) is 3.19. The van der Waals surface area contributed by atoms with Crippen molar-refractivity contribution in [2.45, 2.75) is 31.3 Å². The number of aromatic nitrogens is 6. The molecule has 9 heteroatoms. The van der Waals surface area contributed by atoms with E-state index in [1.54, 1.807) is 11.3 Å². The lowest BCUT2D eigenvalue weighted by Gasteiger charge is -2.16. The van der Waals surface area contributed by atoms with Gasteiger partial charge in [-0.3, -0.25) is 5.10 Å². The summed E-state index contributed by atoms with van der Waals surface area (Å²) in [5, 5.41) is 19.5. The summed E-state index contributed by atoms with van der Waals surface area (Å²) in [7, 11) is 0. The third-order valence-electron chi connectivity index (χ3n) is 5.64. The molecule has 3 aromatic heterocycles. The third-order valence-corrected chi connectivity index (χ3v) is 6.50. The van der Waals surface area contributed by atoms with Gasteiger partial charge >= 0.3 is 0 Å². The molecule has 1 aromatic carbocycles. The van der Waals surface area contributed by atoms with E-state index >= 15 is 0 Å². The van der Waals surface area contributed by atoms with Crippen molar-refractivity contribution in [1.82, 2.24) is 35.7 Å². The van der Waals surface area contributed by atoms with Crippen molar-refractivity contribution in [2.24, 2.45) is 0 Å². The number of aromatic amines is 1. The van der Waals surface area contributed by atoms with Gasteiger partial charge in [0, 0.05) is 48.1 Å². The van der Waals surface area contributed by atoms with Crippen molar-refractivity contribution >= 4 is 27.5 Å². The molecule has 29 heavy (non-hydrogen) atoms. The molecule has 0 amide bonds. The fraction of sp³-hybridized carbons (Fsp3) is 0.350. The average molecular weight is 405 g/mol. The van der Waals surface area contributed by atoms with E-state index in [0.29, 0.717) is 12.0 Å². The Balaban J connectivity index is 1.27. The molecule has 6 rings (SSSR count). The number of hydrogen-bond donors (Lipinski definition) is 2. The van der Waals surface area contributed by atoms with Crippen LogP contribution in [0.15, 0.2) is 36.2 Å². The van der Waals surface area contributed by atoms with Crippen LogP contribution in [0.25, 0.3) is 32.6 Å². The van der Waals surface area contributed by atoms with Crippen LogP contribution >= 0.6 is 11.3 Å². The fourth-order valence-electron chi connectivity index (χ4n) is 3.98. The molecular formula is C20H20N8S. The highest BCUT2D eigenvalue weighted by molar-refractivity contribution is 7.17. The molecule has 0 bridgehead atoms. The van der Waals surface area contributed by atoms with Crippen LogP contribution in [0.1, 0.15) is 19.3 Å². The number of nitrogens with one attached hydrogen (secondary N) is 2. The van der Waals surface area contributed by atoms with Crippen LogP contribution in [-0.2, 0) is 0 Å². The highest BCUT2D eigenvalue weighted by Gasteiger charge is 2.30. The van der Waals surface area contributed by atoms with Crippen LogP contribution in [-0.4, -0.2) is 55.5 Å². The van der Waals surface area contributed by atoms with Crippen molar-refractivity contribution < 1.29 is 0 Å². The summed E-state index contributed by atoms with van der Waals surface area (Å²) < 4.78 is 1.09. The van der Waals surface area contributed by atoms with Gasteiger partial charge in [0.1, 0.15) is 5.69 Å². The van der Waals surface area contributed by atoms with E-state index in [9.17, 15) is 0 Å². The van der Waals surface area contributed by atoms with E-state index in [-0.39, 0.29) is 0 Å². The van der Waals surface area contributed by atoms with Gasteiger partial charge in [0.15, 0.2) is 0 Å². The van der Waals surface area contributed by atoms with Gasteiger partial charge in [0.05, 0.1) is 28.1 Å². The van der Waals surface area contributed by atoms with Gasteiger partial charge < -0.3 is 10.2 Å². The predicted molar refractivity (Wildman–Crippen MR) is 113 cm³/mol. The molecule has 2 N–H and O–H groups in total. The second kappa shape index (κ2) is 6.85. The first-order chi connectivity index (χ1) is 14.3. The molecule has 2 fully saturated rings. The molecule has 1 saturated heterocycles. The molecule has 0 radical (unpaired) electrons. The largest absolute Gasteiger partial charge is 0.338 e. The van der Waals surface area contributed by atoms with E-state index in [2.05, 4.69) is 52.7 Å². The van der Waals surface area contributed by atoms with E-state index in [0.717, 1.165) is 58.2 Å². The van der Waals surface area contributed by atoms with E-state index in [1.807, 2.05) is 24.1 Å². The normalized spacial score (nSPS) is 19.3. The summed E-state index contributed by atoms with van der Waals surface area (Å²) in [6.07, 6.45) is 9.29. The lowest BCUT2D eigenvalue weighted by Crippen LogP contribution is -2.34. The Labute approximate surface area is 171 Å². The van der Waals surface area contributed by atoms with Crippen LogP contribution in [0.3, 0.4) is 0 Å². The number of H-pyrrole nitrogens is 1. The topological polar surface area (TPSA) is 95.5 Å². The van der Waals surface area contributed by atoms with Crippen molar-refractivity contribution in [3.05, 3.63) is 36.2 Å². The van der Waals surface area contributed by atoms with Crippen LogP contribution < -0.4 is 10.2 Å². The summed E-state index contributed by atoms with van der Waals surface area (Å²) in [5.41, 5.74) is 6.68. The predicted octanol–water partition coefficient (Wildman–Crippen LogP) is 2.87. The molecule has 1 aliphatic heterocycles. The molecule has 1 unspecified atom stereocenters. The van der Waals surface area contributed by atoms with E-state index < -0.39 is 0 Å². The summed E-state index contributed by atoms with van der Waals surface area (Å²) in [6.45, 7) is 1.93. The lowest BCUT2D eigenvalue weighted by molar-refractivity contribution is 0.548. The highest BCUT2D eigenvalue weighted by atomic mass is 32.1. The Morgan fingerprint density at radius 1 is 1.03 bits per heavy atom. The number of thiazole rings is 1. The van der Waals surface area contributed by atoms with Gasteiger partial charge in [-0.15, -0.1) is 21.5 Å². The fourth-order valence-corrected chi connectivity index (χ4v) is 4.82.